The maximum atomic E-state index is 10.6. The number of rotatable bonds is 8. The van der Waals surface area contributed by atoms with Gasteiger partial charge in [0.05, 0.1) is 13.2 Å². The molecule has 0 aromatic carbocycles. The van der Waals surface area contributed by atoms with Crippen molar-refractivity contribution in [3.63, 3.8) is 0 Å². The van der Waals surface area contributed by atoms with Gasteiger partial charge >= 0.3 is 0 Å². The Balaban J connectivity index is 2.99. The number of hydrogen-bond donors (Lipinski definition) is 2. The monoisotopic (exact) mass is 190 g/mol. The molecule has 0 saturated carbocycles. The Kier molecular flexibility index (Phi) is 8.17. The normalized spacial score (nSPS) is 9.31. The molecule has 0 unspecified atom stereocenters. The summed E-state index contributed by atoms with van der Waals surface area (Å²) in [5.74, 6) is -0.175. The molecule has 0 aliphatic heterocycles. The summed E-state index contributed by atoms with van der Waals surface area (Å²) in [5, 5.41) is 4.73. The van der Waals surface area contributed by atoms with E-state index in [1.54, 1.807) is 0 Å². The van der Waals surface area contributed by atoms with Gasteiger partial charge in [-0.05, 0) is 0 Å². The molecule has 0 fully saturated rings. The summed E-state index contributed by atoms with van der Waals surface area (Å²) in [6.07, 6.45) is 0.547. The lowest BCUT2D eigenvalue weighted by atomic mass is 10.6. The first-order valence-corrected chi connectivity index (χ1v) is 3.84. The second kappa shape index (κ2) is 8.95. The molecule has 13 heavy (non-hydrogen) atoms. The molecule has 0 radical (unpaired) electrons. The molecule has 2 amide bonds. The van der Waals surface area contributed by atoms with Crippen molar-refractivity contribution in [1.82, 2.24) is 10.6 Å². The molecular weight excluding hydrogens is 176 g/mol. The van der Waals surface area contributed by atoms with Crippen LogP contribution in [0.2, 0.25) is 0 Å². The molecule has 2 N–H and O–H groups in total. The first kappa shape index (κ1) is 11.9. The highest BCUT2D eigenvalue weighted by Gasteiger charge is 1.95. The highest BCUT2D eigenvalue weighted by atomic mass is 16.5. The van der Waals surface area contributed by atoms with E-state index in [1.165, 1.54) is 7.05 Å². The first-order chi connectivity index (χ1) is 6.31. The van der Waals surface area contributed by atoms with Crippen LogP contribution in [0.1, 0.15) is 0 Å². The van der Waals surface area contributed by atoms with E-state index in [1.807, 2.05) is 0 Å². The first-order valence-electron chi connectivity index (χ1n) is 3.84. The van der Waals surface area contributed by atoms with Gasteiger partial charge in [0.1, 0.15) is 13.3 Å². The summed E-state index contributed by atoms with van der Waals surface area (Å²) < 4.78 is 9.80. The van der Waals surface area contributed by atoms with E-state index in [4.69, 9.17) is 9.47 Å². The van der Waals surface area contributed by atoms with Crippen LogP contribution in [-0.2, 0) is 19.1 Å². The molecule has 0 bridgehead atoms. The number of carbonyl (C=O) groups is 2. The predicted molar refractivity (Wildman–Crippen MR) is 44.9 cm³/mol. The lowest BCUT2D eigenvalue weighted by Gasteiger charge is -2.03. The maximum Gasteiger partial charge on any atom is 0.245 e. The number of ether oxygens (including phenoxy) is 2. The van der Waals surface area contributed by atoms with Crippen molar-refractivity contribution >= 4 is 12.3 Å². The standard InChI is InChI=1S/C7H14N2O4/c1-8-7(11)4-12-2-3-13-6-9-5-10/h5H,2-4,6H2,1H3,(H,8,11)(H,9,10). The van der Waals surface area contributed by atoms with Crippen molar-refractivity contribution in [1.29, 1.82) is 0 Å². The lowest BCUT2D eigenvalue weighted by Crippen LogP contribution is -2.24. The Morgan fingerprint density at radius 2 is 2.08 bits per heavy atom. The molecule has 0 heterocycles. The Bertz CT molecular complexity index is 151. The zero-order chi connectivity index (χ0) is 9.94. The Labute approximate surface area is 76.6 Å². The second-order valence-corrected chi connectivity index (χ2v) is 2.10. The van der Waals surface area contributed by atoms with Gasteiger partial charge < -0.3 is 20.1 Å². The smallest absolute Gasteiger partial charge is 0.245 e. The van der Waals surface area contributed by atoms with Gasteiger partial charge in [-0.1, -0.05) is 0 Å². The highest BCUT2D eigenvalue weighted by Crippen LogP contribution is 1.76. The molecule has 6 nitrogen and oxygen atoms in total. The zero-order valence-electron chi connectivity index (χ0n) is 7.54. The van der Waals surface area contributed by atoms with Crippen molar-refractivity contribution in [2.75, 3.05) is 33.6 Å². The minimum atomic E-state index is -0.175. The van der Waals surface area contributed by atoms with Crippen molar-refractivity contribution in [2.24, 2.45) is 0 Å². The average Bonchev–Trinajstić information content (AvgIpc) is 2.16. The molecule has 0 aromatic rings. The van der Waals surface area contributed by atoms with Crippen LogP contribution in [0.25, 0.3) is 0 Å². The Morgan fingerprint density at radius 3 is 2.69 bits per heavy atom. The third-order valence-corrected chi connectivity index (χ3v) is 1.15. The molecule has 0 saturated heterocycles. The third kappa shape index (κ3) is 8.77. The summed E-state index contributed by atoms with van der Waals surface area (Å²) in [6, 6.07) is 0. The zero-order valence-corrected chi connectivity index (χ0v) is 7.54. The van der Waals surface area contributed by atoms with E-state index in [0.29, 0.717) is 19.6 Å². The molecule has 0 atom stereocenters. The van der Waals surface area contributed by atoms with Crippen molar-refractivity contribution < 1.29 is 19.1 Å². The fraction of sp³-hybridized carbons (Fsp3) is 0.714. The third-order valence-electron chi connectivity index (χ3n) is 1.15. The van der Waals surface area contributed by atoms with Gasteiger partial charge in [0, 0.05) is 7.05 Å². The number of carbonyl (C=O) groups excluding carboxylic acids is 2. The van der Waals surface area contributed by atoms with Gasteiger partial charge in [-0.25, -0.2) is 0 Å². The van der Waals surface area contributed by atoms with E-state index in [0.717, 1.165) is 0 Å². The average molecular weight is 190 g/mol. The number of hydrogen-bond acceptors (Lipinski definition) is 4. The number of amides is 2. The summed E-state index contributed by atoms with van der Waals surface area (Å²) >= 11 is 0. The quantitative estimate of drug-likeness (QED) is 0.276. The molecule has 76 valence electrons. The predicted octanol–water partition coefficient (Wildman–Crippen LogP) is -1.53. The second-order valence-electron chi connectivity index (χ2n) is 2.10. The highest BCUT2D eigenvalue weighted by molar-refractivity contribution is 5.76. The van der Waals surface area contributed by atoms with E-state index < -0.39 is 0 Å². The van der Waals surface area contributed by atoms with Gasteiger partial charge in [0.15, 0.2) is 0 Å². The number of nitrogens with one attached hydrogen (secondary N) is 2. The van der Waals surface area contributed by atoms with Crippen LogP contribution < -0.4 is 10.6 Å². The molecule has 0 aromatic heterocycles. The van der Waals surface area contributed by atoms with E-state index >= 15 is 0 Å². The van der Waals surface area contributed by atoms with Gasteiger partial charge in [-0.2, -0.15) is 0 Å². The summed E-state index contributed by atoms with van der Waals surface area (Å²) in [4.78, 5) is 20.4. The molecule has 0 rings (SSSR count). The van der Waals surface area contributed by atoms with Crippen LogP contribution in [0.4, 0.5) is 0 Å². The van der Waals surface area contributed by atoms with Gasteiger partial charge in [0.2, 0.25) is 12.3 Å². The summed E-state index contributed by atoms with van der Waals surface area (Å²) in [5.41, 5.74) is 0. The Morgan fingerprint density at radius 1 is 1.38 bits per heavy atom. The van der Waals surface area contributed by atoms with Crippen molar-refractivity contribution in [3.05, 3.63) is 0 Å². The summed E-state index contributed by atoms with van der Waals surface area (Å²) in [7, 11) is 1.54. The number of likely N-dealkylation sites (N-methyl/N-ethyl adjacent to an activating group) is 1. The van der Waals surface area contributed by atoms with Crippen LogP contribution in [0.5, 0.6) is 0 Å². The molecule has 0 spiro atoms. The molecule has 0 aliphatic carbocycles. The fourth-order valence-corrected chi connectivity index (χ4v) is 0.520. The SMILES string of the molecule is CNC(=O)COCCOCNC=O. The van der Waals surface area contributed by atoms with Crippen molar-refractivity contribution in [2.45, 2.75) is 0 Å². The fourth-order valence-electron chi connectivity index (χ4n) is 0.520. The lowest BCUT2D eigenvalue weighted by molar-refractivity contribution is -0.125. The van der Waals surface area contributed by atoms with Crippen molar-refractivity contribution in [3.8, 4) is 0 Å². The minimum Gasteiger partial charge on any atom is -0.369 e. The van der Waals surface area contributed by atoms with E-state index in [9.17, 15) is 9.59 Å². The topological polar surface area (TPSA) is 76.7 Å². The van der Waals surface area contributed by atoms with Gasteiger partial charge in [-0.15, -0.1) is 0 Å². The van der Waals surface area contributed by atoms with Crippen LogP contribution in [0.3, 0.4) is 0 Å². The Hall–Kier alpha value is -1.14. The van der Waals surface area contributed by atoms with Crippen LogP contribution in [0, 0.1) is 0 Å². The minimum absolute atomic E-state index is 0.0287. The molecule has 6 heteroatoms. The van der Waals surface area contributed by atoms with Gasteiger partial charge in [-0.3, -0.25) is 9.59 Å². The largest absolute Gasteiger partial charge is 0.369 e. The van der Waals surface area contributed by atoms with Crippen LogP contribution in [-0.4, -0.2) is 45.9 Å². The van der Waals surface area contributed by atoms with Crippen LogP contribution >= 0.6 is 0 Å². The van der Waals surface area contributed by atoms with E-state index in [-0.39, 0.29) is 19.2 Å². The molecular formula is C7H14N2O4. The summed E-state index contributed by atoms with van der Waals surface area (Å²) in [6.45, 7) is 0.861. The van der Waals surface area contributed by atoms with E-state index in [2.05, 4.69) is 10.6 Å². The van der Waals surface area contributed by atoms with Crippen LogP contribution in [0.15, 0.2) is 0 Å². The molecule has 0 aliphatic rings. The maximum absolute atomic E-state index is 10.6. The van der Waals surface area contributed by atoms with Gasteiger partial charge in [0.25, 0.3) is 0 Å².